The Morgan fingerprint density at radius 3 is 2.58 bits per heavy atom. The Morgan fingerprint density at radius 1 is 1.06 bits per heavy atom. The van der Waals surface area contributed by atoms with Crippen LogP contribution in [0.3, 0.4) is 0 Å². The molecule has 2 aromatic heterocycles. The lowest BCUT2D eigenvalue weighted by molar-refractivity contribution is 0.215. The van der Waals surface area contributed by atoms with Gasteiger partial charge in [0, 0.05) is 23.1 Å². The van der Waals surface area contributed by atoms with Crippen LogP contribution >= 0.6 is 0 Å². The number of hydrogen-bond acceptors (Lipinski definition) is 4. The summed E-state index contributed by atoms with van der Waals surface area (Å²) in [5.41, 5.74) is 3.36. The number of benzene rings is 2. The molecule has 1 aliphatic rings. The smallest absolute Gasteiger partial charge is 0.335 e. The molecule has 0 saturated heterocycles. The third kappa shape index (κ3) is 2.92. The third-order valence-electron chi connectivity index (χ3n) is 6.29. The van der Waals surface area contributed by atoms with Gasteiger partial charge in [0.1, 0.15) is 5.56 Å². The molecule has 31 heavy (non-hydrogen) atoms. The molecule has 3 N–H and O–H groups in total. The molecule has 1 unspecified atom stereocenters. The van der Waals surface area contributed by atoms with Gasteiger partial charge >= 0.3 is 5.69 Å². The largest absolute Gasteiger partial charge is 0.494 e. The van der Waals surface area contributed by atoms with Crippen molar-refractivity contribution in [1.29, 1.82) is 0 Å². The average molecular weight is 416 g/mol. The molecule has 1 atom stereocenters. The van der Waals surface area contributed by atoms with Crippen molar-refractivity contribution in [3.63, 3.8) is 0 Å². The van der Waals surface area contributed by atoms with Gasteiger partial charge in [-0.05, 0) is 43.1 Å². The van der Waals surface area contributed by atoms with E-state index in [1.54, 1.807) is 12.1 Å². The van der Waals surface area contributed by atoms with Gasteiger partial charge in [0.05, 0.1) is 11.7 Å². The van der Waals surface area contributed by atoms with E-state index in [-0.39, 0.29) is 11.4 Å². The first-order valence-corrected chi connectivity index (χ1v) is 10.5. The fraction of sp³-hybridized carbons (Fsp3) is 0.250. The Balaban J connectivity index is 1.81. The Bertz CT molecular complexity index is 1410. The van der Waals surface area contributed by atoms with E-state index in [0.717, 1.165) is 40.7 Å². The van der Waals surface area contributed by atoms with E-state index < -0.39 is 17.3 Å². The zero-order chi connectivity index (χ0) is 21.7. The monoisotopic (exact) mass is 416 g/mol. The predicted molar refractivity (Wildman–Crippen MR) is 120 cm³/mol. The van der Waals surface area contributed by atoms with E-state index in [9.17, 15) is 14.7 Å². The summed E-state index contributed by atoms with van der Waals surface area (Å²) >= 11 is 0. The maximum absolute atomic E-state index is 13.0. The number of H-pyrrole nitrogens is 2. The minimum Gasteiger partial charge on any atom is -0.494 e. The summed E-state index contributed by atoms with van der Waals surface area (Å²) in [5, 5.41) is 12.4. The number of aromatic nitrogens is 3. The molecule has 5 rings (SSSR count). The fourth-order valence-corrected chi connectivity index (χ4v) is 4.78. The summed E-state index contributed by atoms with van der Waals surface area (Å²) in [6, 6.07) is 14.9. The van der Waals surface area contributed by atoms with Crippen molar-refractivity contribution >= 4 is 10.9 Å². The van der Waals surface area contributed by atoms with Crippen LogP contribution in [-0.2, 0) is 6.42 Å². The van der Waals surface area contributed by atoms with Crippen LogP contribution in [0.25, 0.3) is 16.6 Å². The lowest BCUT2D eigenvalue weighted by Crippen LogP contribution is -2.41. The van der Waals surface area contributed by atoms with E-state index in [2.05, 4.69) is 20.9 Å². The number of hydrogen-bond donors (Lipinski definition) is 3. The minimum absolute atomic E-state index is 0.178. The van der Waals surface area contributed by atoms with Crippen LogP contribution in [0.15, 0.2) is 58.1 Å². The van der Waals surface area contributed by atoms with Crippen molar-refractivity contribution in [3.05, 3.63) is 91.8 Å². The first kappa shape index (κ1) is 19.4. The maximum Gasteiger partial charge on any atom is 0.335 e. The molecule has 2 aromatic carbocycles. The second-order valence-electron chi connectivity index (χ2n) is 7.96. The van der Waals surface area contributed by atoms with Crippen LogP contribution in [0.4, 0.5) is 0 Å². The van der Waals surface area contributed by atoms with Crippen molar-refractivity contribution < 1.29 is 5.11 Å². The summed E-state index contributed by atoms with van der Waals surface area (Å²) in [5.74, 6) is -0.321. The van der Waals surface area contributed by atoms with Gasteiger partial charge in [-0.1, -0.05) is 43.3 Å². The van der Waals surface area contributed by atoms with Crippen LogP contribution < -0.4 is 11.2 Å². The number of likely N-dealkylation sites (N-methyl/N-ethyl adjacent to an activating group) is 1. The Kier molecular flexibility index (Phi) is 4.55. The highest BCUT2D eigenvalue weighted by Gasteiger charge is 2.35. The van der Waals surface area contributed by atoms with Crippen molar-refractivity contribution in [2.24, 2.45) is 0 Å². The summed E-state index contributed by atoms with van der Waals surface area (Å²) in [4.78, 5) is 33.8. The lowest BCUT2D eigenvalue weighted by Gasteiger charge is -2.35. The molecule has 0 bridgehead atoms. The molecule has 3 heterocycles. The highest BCUT2D eigenvalue weighted by Crippen LogP contribution is 2.39. The zero-order valence-electron chi connectivity index (χ0n) is 17.5. The molecular weight excluding hydrogens is 392 g/mol. The second-order valence-corrected chi connectivity index (χ2v) is 7.96. The van der Waals surface area contributed by atoms with E-state index in [0.29, 0.717) is 12.2 Å². The van der Waals surface area contributed by atoms with Crippen LogP contribution in [-0.4, -0.2) is 37.6 Å². The van der Waals surface area contributed by atoms with Gasteiger partial charge in [-0.3, -0.25) is 14.7 Å². The van der Waals surface area contributed by atoms with Crippen LogP contribution in [0.5, 0.6) is 5.88 Å². The molecule has 158 valence electrons. The van der Waals surface area contributed by atoms with E-state index in [4.69, 9.17) is 0 Å². The number of nitrogens with one attached hydrogen (secondary N) is 2. The molecule has 0 fully saturated rings. The minimum atomic E-state index is -0.656. The van der Waals surface area contributed by atoms with Crippen molar-refractivity contribution in [1.82, 2.24) is 19.4 Å². The van der Waals surface area contributed by atoms with Gasteiger partial charge in [0.25, 0.3) is 5.56 Å². The molecule has 4 aromatic rings. The first-order chi connectivity index (χ1) is 15.0. The standard InChI is InChI=1S/C24H24N4O3/c1-3-27-13-12-16-15-9-5-6-10-17(15)25-20(16)21(27)19-22(29)26-24(31)28(23(19)30)18-11-7-4-8-14(18)2/h4-11,21,25,30H,3,12-13H2,1-2H3,(H,26,29,31). The summed E-state index contributed by atoms with van der Waals surface area (Å²) in [6.45, 7) is 5.34. The highest BCUT2D eigenvalue weighted by molar-refractivity contribution is 5.85. The molecule has 7 heteroatoms. The molecule has 1 aliphatic heterocycles. The summed E-state index contributed by atoms with van der Waals surface area (Å²) in [7, 11) is 0. The number of para-hydroxylation sites is 2. The van der Waals surface area contributed by atoms with Crippen molar-refractivity contribution in [2.75, 3.05) is 13.1 Å². The summed E-state index contributed by atoms with van der Waals surface area (Å²) in [6.07, 6.45) is 0.847. The molecule has 0 amide bonds. The van der Waals surface area contributed by atoms with Gasteiger partial charge in [0.15, 0.2) is 0 Å². The Hall–Kier alpha value is -3.58. The average Bonchev–Trinajstić information content (AvgIpc) is 3.14. The quantitative estimate of drug-likeness (QED) is 0.479. The zero-order valence-corrected chi connectivity index (χ0v) is 17.5. The highest BCUT2D eigenvalue weighted by atomic mass is 16.3. The van der Waals surface area contributed by atoms with E-state index in [1.807, 2.05) is 44.2 Å². The lowest BCUT2D eigenvalue weighted by atomic mass is 9.93. The van der Waals surface area contributed by atoms with Crippen molar-refractivity contribution in [2.45, 2.75) is 26.3 Å². The molecule has 0 spiro atoms. The molecule has 0 saturated carbocycles. The van der Waals surface area contributed by atoms with E-state index >= 15 is 0 Å². The van der Waals surface area contributed by atoms with Crippen LogP contribution in [0.2, 0.25) is 0 Å². The number of rotatable bonds is 3. The van der Waals surface area contributed by atoms with Gasteiger partial charge < -0.3 is 10.1 Å². The maximum atomic E-state index is 13.0. The molecule has 7 nitrogen and oxygen atoms in total. The SMILES string of the molecule is CCN1CCc2c([nH]c3ccccc23)C1c1c(O)n(-c2ccccc2C)c(=O)[nH]c1=O. The predicted octanol–water partition coefficient (Wildman–Crippen LogP) is 2.99. The number of aryl methyl sites for hydroxylation is 1. The van der Waals surface area contributed by atoms with Crippen LogP contribution in [0.1, 0.15) is 35.3 Å². The Morgan fingerprint density at radius 2 is 1.81 bits per heavy atom. The van der Waals surface area contributed by atoms with Gasteiger partial charge in [-0.25, -0.2) is 9.36 Å². The molecule has 0 radical (unpaired) electrons. The normalized spacial score (nSPS) is 16.5. The van der Waals surface area contributed by atoms with Gasteiger partial charge in [-0.2, -0.15) is 0 Å². The number of fused-ring (bicyclic) bond motifs is 3. The third-order valence-corrected chi connectivity index (χ3v) is 6.29. The summed E-state index contributed by atoms with van der Waals surface area (Å²) < 4.78 is 1.19. The van der Waals surface area contributed by atoms with Crippen LogP contribution in [0, 0.1) is 6.92 Å². The first-order valence-electron chi connectivity index (χ1n) is 10.5. The second kappa shape index (κ2) is 7.28. The van der Waals surface area contributed by atoms with Gasteiger partial charge in [-0.15, -0.1) is 0 Å². The molecular formula is C24H24N4O3. The Labute approximate surface area is 178 Å². The topological polar surface area (TPSA) is 94.1 Å². The van der Waals surface area contributed by atoms with E-state index in [1.165, 1.54) is 4.57 Å². The number of aromatic amines is 2. The fourth-order valence-electron chi connectivity index (χ4n) is 4.78. The molecule has 0 aliphatic carbocycles. The number of nitrogens with zero attached hydrogens (tertiary/aromatic N) is 2. The van der Waals surface area contributed by atoms with Gasteiger partial charge in [0.2, 0.25) is 5.88 Å². The number of aromatic hydroxyl groups is 1. The van der Waals surface area contributed by atoms with Crippen molar-refractivity contribution in [3.8, 4) is 11.6 Å².